The van der Waals surface area contributed by atoms with Crippen LogP contribution in [-0.4, -0.2) is 0 Å². The first kappa shape index (κ1) is 18.9. The van der Waals surface area contributed by atoms with Crippen LogP contribution in [0.1, 0.15) is 74.8 Å². The Labute approximate surface area is 157 Å². The molecular weight excluding hydrogens is 321 g/mol. The Morgan fingerprint density at radius 1 is 1.00 bits per heavy atom. The van der Waals surface area contributed by atoms with E-state index in [0.717, 1.165) is 30.2 Å². The van der Waals surface area contributed by atoms with Crippen molar-refractivity contribution in [1.82, 2.24) is 0 Å². The molecule has 0 saturated heterocycles. The number of hydrogen-bond donors (Lipinski definition) is 0. The molecule has 2 fully saturated rings. The number of hydrogen-bond acceptors (Lipinski definition) is 1. The first-order chi connectivity index (χ1) is 12.7. The second-order valence-corrected chi connectivity index (χ2v) is 8.15. The van der Waals surface area contributed by atoms with Crippen molar-refractivity contribution in [3.05, 3.63) is 60.0 Å². The zero-order chi connectivity index (χ0) is 18.4. The van der Waals surface area contributed by atoms with E-state index in [4.69, 9.17) is 5.26 Å². The van der Waals surface area contributed by atoms with Gasteiger partial charge in [0.1, 0.15) is 11.9 Å². The number of halogens is 1. The van der Waals surface area contributed by atoms with Crippen LogP contribution in [0.25, 0.3) is 0 Å². The van der Waals surface area contributed by atoms with Crippen LogP contribution in [-0.2, 0) is 0 Å². The highest BCUT2D eigenvalue weighted by Gasteiger charge is 2.23. The molecule has 2 saturated carbocycles. The molecule has 0 aliphatic heterocycles. The Hall–Kier alpha value is -1.88. The molecular formula is C24H30FN. The summed E-state index contributed by atoms with van der Waals surface area (Å²) in [7, 11) is 0. The van der Waals surface area contributed by atoms with E-state index in [1.165, 1.54) is 44.9 Å². The van der Waals surface area contributed by atoms with Gasteiger partial charge in [-0.1, -0.05) is 24.3 Å². The summed E-state index contributed by atoms with van der Waals surface area (Å²) >= 11 is 0. The molecule has 0 spiro atoms. The average molecular weight is 352 g/mol. The minimum absolute atomic E-state index is 0.146. The predicted octanol–water partition coefficient (Wildman–Crippen LogP) is 6.91. The molecule has 1 nitrogen and oxygen atoms in total. The quantitative estimate of drug-likeness (QED) is 0.529. The first-order valence-electron chi connectivity index (χ1n) is 10.2. The topological polar surface area (TPSA) is 23.8 Å². The molecule has 0 N–H and O–H groups in total. The highest BCUT2D eigenvalue weighted by molar-refractivity contribution is 5.35. The van der Waals surface area contributed by atoms with Crippen molar-refractivity contribution in [1.29, 1.82) is 5.26 Å². The molecule has 0 unspecified atom stereocenters. The van der Waals surface area contributed by atoms with Gasteiger partial charge in [0.05, 0.1) is 5.56 Å². The summed E-state index contributed by atoms with van der Waals surface area (Å²) in [6, 6.07) is 7.03. The molecule has 0 amide bonds. The monoisotopic (exact) mass is 351 g/mol. The maximum absolute atomic E-state index is 13.8. The third kappa shape index (κ3) is 4.85. The molecule has 0 aromatic heterocycles. The van der Waals surface area contributed by atoms with E-state index in [1.807, 2.05) is 12.1 Å². The summed E-state index contributed by atoms with van der Waals surface area (Å²) in [6.45, 7) is 3.86. The van der Waals surface area contributed by atoms with Crippen molar-refractivity contribution >= 4 is 0 Å². The van der Waals surface area contributed by atoms with Gasteiger partial charge in [0.2, 0.25) is 0 Å². The van der Waals surface area contributed by atoms with Crippen molar-refractivity contribution < 1.29 is 4.39 Å². The molecule has 2 aliphatic rings. The number of benzene rings is 1. The van der Waals surface area contributed by atoms with Crippen molar-refractivity contribution in [3.8, 4) is 6.07 Å². The van der Waals surface area contributed by atoms with E-state index in [2.05, 4.69) is 24.8 Å². The van der Waals surface area contributed by atoms with Crippen molar-refractivity contribution in [2.45, 2.75) is 63.7 Å². The summed E-state index contributed by atoms with van der Waals surface area (Å²) in [4.78, 5) is 0. The summed E-state index contributed by atoms with van der Waals surface area (Å²) in [6.07, 6.45) is 18.2. The predicted molar refractivity (Wildman–Crippen MR) is 105 cm³/mol. The largest absolute Gasteiger partial charge is 0.206 e. The van der Waals surface area contributed by atoms with E-state index in [9.17, 15) is 4.39 Å². The van der Waals surface area contributed by atoms with Crippen LogP contribution in [0.2, 0.25) is 0 Å². The molecule has 2 heteroatoms. The average Bonchev–Trinajstić information content (AvgIpc) is 2.68. The maximum Gasteiger partial charge on any atom is 0.141 e. The van der Waals surface area contributed by atoms with Crippen LogP contribution in [0.15, 0.2) is 43.0 Å². The molecule has 2 aliphatic carbocycles. The van der Waals surface area contributed by atoms with Crippen LogP contribution in [0.5, 0.6) is 0 Å². The normalized spacial score (nSPS) is 29.4. The lowest BCUT2D eigenvalue weighted by Crippen LogP contribution is -2.14. The standard InChI is InChI=1S/C24H30FN/c1-2-3-18-4-6-19(7-5-18)8-9-20-10-12-21(13-11-20)22-14-15-23(17-26)24(25)16-22/h2,8-9,14-16,18-21H,1,3-7,10-13H2/b9-8+/t18-,19-,20-,21-. The molecule has 138 valence electrons. The number of nitrogens with zero attached hydrogens (tertiary/aromatic N) is 1. The summed E-state index contributed by atoms with van der Waals surface area (Å²) in [5, 5.41) is 8.86. The van der Waals surface area contributed by atoms with E-state index in [-0.39, 0.29) is 11.4 Å². The third-order valence-electron chi connectivity index (χ3n) is 6.40. The summed E-state index contributed by atoms with van der Waals surface area (Å²) < 4.78 is 13.8. The van der Waals surface area contributed by atoms with Gasteiger partial charge in [0, 0.05) is 0 Å². The minimum Gasteiger partial charge on any atom is -0.206 e. The van der Waals surface area contributed by atoms with E-state index in [1.54, 1.807) is 12.1 Å². The van der Waals surface area contributed by atoms with Gasteiger partial charge in [-0.2, -0.15) is 5.26 Å². The Morgan fingerprint density at radius 3 is 2.15 bits per heavy atom. The van der Waals surface area contributed by atoms with Gasteiger partial charge in [0.15, 0.2) is 0 Å². The van der Waals surface area contributed by atoms with Gasteiger partial charge in [0.25, 0.3) is 0 Å². The first-order valence-corrected chi connectivity index (χ1v) is 10.2. The zero-order valence-corrected chi connectivity index (χ0v) is 15.7. The fraction of sp³-hybridized carbons (Fsp3) is 0.542. The van der Waals surface area contributed by atoms with Crippen molar-refractivity contribution in [3.63, 3.8) is 0 Å². The second-order valence-electron chi connectivity index (χ2n) is 8.15. The van der Waals surface area contributed by atoms with Crippen molar-refractivity contribution in [2.24, 2.45) is 17.8 Å². The SMILES string of the molecule is C=CC[C@H]1CC[C@H](/C=C/[C@H]2CC[C@H](c3ccc(C#N)c(F)c3)CC2)CC1. The van der Waals surface area contributed by atoms with Gasteiger partial charge in [-0.25, -0.2) is 4.39 Å². The Kier molecular flexibility index (Phi) is 6.67. The lowest BCUT2D eigenvalue weighted by Gasteiger charge is -2.29. The number of nitriles is 1. The summed E-state index contributed by atoms with van der Waals surface area (Å²) in [5.74, 6) is 2.37. The Morgan fingerprint density at radius 2 is 1.62 bits per heavy atom. The molecule has 0 heterocycles. The lowest BCUT2D eigenvalue weighted by molar-refractivity contribution is 0.310. The molecule has 1 aromatic rings. The van der Waals surface area contributed by atoms with Gasteiger partial charge < -0.3 is 0 Å². The highest BCUT2D eigenvalue weighted by Crippen LogP contribution is 2.38. The van der Waals surface area contributed by atoms with Gasteiger partial charge in [-0.15, -0.1) is 6.58 Å². The lowest BCUT2D eigenvalue weighted by atomic mass is 9.77. The molecule has 3 rings (SSSR count). The van der Waals surface area contributed by atoms with Crippen molar-refractivity contribution in [2.75, 3.05) is 0 Å². The molecule has 0 radical (unpaired) electrons. The smallest absolute Gasteiger partial charge is 0.141 e. The zero-order valence-electron chi connectivity index (χ0n) is 15.7. The van der Waals surface area contributed by atoms with Crippen LogP contribution < -0.4 is 0 Å². The van der Waals surface area contributed by atoms with Crippen LogP contribution in [0.3, 0.4) is 0 Å². The second kappa shape index (κ2) is 9.17. The number of allylic oxidation sites excluding steroid dienone is 3. The number of rotatable bonds is 5. The van der Waals surface area contributed by atoms with E-state index in [0.29, 0.717) is 11.8 Å². The van der Waals surface area contributed by atoms with Gasteiger partial charge in [-0.05, 0) is 99.2 Å². The fourth-order valence-electron chi connectivity index (χ4n) is 4.69. The molecule has 0 atom stereocenters. The molecule has 0 bridgehead atoms. The minimum atomic E-state index is -0.376. The molecule has 26 heavy (non-hydrogen) atoms. The summed E-state index contributed by atoms with van der Waals surface area (Å²) in [5.41, 5.74) is 1.21. The van der Waals surface area contributed by atoms with Gasteiger partial charge >= 0.3 is 0 Å². The van der Waals surface area contributed by atoms with Crippen LogP contribution >= 0.6 is 0 Å². The van der Waals surface area contributed by atoms with E-state index >= 15 is 0 Å². The third-order valence-corrected chi connectivity index (χ3v) is 6.40. The Balaban J connectivity index is 1.46. The van der Waals surface area contributed by atoms with E-state index < -0.39 is 0 Å². The van der Waals surface area contributed by atoms with Crippen LogP contribution in [0.4, 0.5) is 4.39 Å². The molecule has 1 aromatic carbocycles. The van der Waals surface area contributed by atoms with Crippen LogP contribution in [0, 0.1) is 34.9 Å². The Bertz CT molecular complexity index is 668. The fourth-order valence-corrected chi connectivity index (χ4v) is 4.69. The maximum atomic E-state index is 13.8. The highest BCUT2D eigenvalue weighted by atomic mass is 19.1. The van der Waals surface area contributed by atoms with Gasteiger partial charge in [-0.3, -0.25) is 0 Å².